The van der Waals surface area contributed by atoms with Crippen LogP contribution < -0.4 is 10.2 Å². The first-order chi connectivity index (χ1) is 10.7. The molecule has 3 rings (SSSR count). The molecule has 0 bridgehead atoms. The summed E-state index contributed by atoms with van der Waals surface area (Å²) >= 11 is 6.09. The number of nitrogens with zero attached hydrogens (tertiary/aromatic N) is 1. The summed E-state index contributed by atoms with van der Waals surface area (Å²) in [6.45, 7) is 0.269. The molecular formula is C16H17ClN2O3. The van der Waals surface area contributed by atoms with Gasteiger partial charge in [-0.1, -0.05) is 24.3 Å². The quantitative estimate of drug-likeness (QED) is 0.593. The van der Waals surface area contributed by atoms with Gasteiger partial charge in [0.25, 0.3) is 0 Å². The monoisotopic (exact) mass is 320 g/mol. The van der Waals surface area contributed by atoms with E-state index in [0.29, 0.717) is 18.1 Å². The number of carbonyl (C=O) groups is 1. The molecule has 2 aromatic carbocycles. The Balaban J connectivity index is 2.11. The van der Waals surface area contributed by atoms with Crippen molar-refractivity contribution in [3.63, 3.8) is 0 Å². The SMILES string of the molecule is O=C(CNCO)N1C[C@@H](CCl)c2c1cc(O)c1ccccc21. The van der Waals surface area contributed by atoms with Gasteiger partial charge in [0.2, 0.25) is 5.91 Å². The first-order valence-corrected chi connectivity index (χ1v) is 7.63. The molecule has 0 unspecified atom stereocenters. The second kappa shape index (κ2) is 6.12. The molecule has 0 fully saturated rings. The Hall–Kier alpha value is -1.82. The van der Waals surface area contributed by atoms with Crippen molar-refractivity contribution in [2.75, 3.05) is 30.6 Å². The average molecular weight is 321 g/mol. The summed E-state index contributed by atoms with van der Waals surface area (Å²) in [5.41, 5.74) is 1.70. The van der Waals surface area contributed by atoms with Crippen molar-refractivity contribution in [2.24, 2.45) is 0 Å². The number of anilines is 1. The van der Waals surface area contributed by atoms with Crippen LogP contribution >= 0.6 is 11.6 Å². The van der Waals surface area contributed by atoms with E-state index in [1.165, 1.54) is 0 Å². The van der Waals surface area contributed by atoms with E-state index in [1.54, 1.807) is 11.0 Å². The van der Waals surface area contributed by atoms with Gasteiger partial charge >= 0.3 is 0 Å². The van der Waals surface area contributed by atoms with Gasteiger partial charge in [-0.3, -0.25) is 10.1 Å². The predicted molar refractivity (Wildman–Crippen MR) is 86.5 cm³/mol. The van der Waals surface area contributed by atoms with Crippen LogP contribution in [0.25, 0.3) is 10.8 Å². The van der Waals surface area contributed by atoms with Crippen LogP contribution in [0.3, 0.4) is 0 Å². The minimum Gasteiger partial charge on any atom is -0.507 e. The van der Waals surface area contributed by atoms with Crippen LogP contribution in [0.4, 0.5) is 5.69 Å². The summed E-state index contributed by atoms with van der Waals surface area (Å²) in [6.07, 6.45) is 0. The van der Waals surface area contributed by atoms with Crippen LogP contribution in [0.5, 0.6) is 5.75 Å². The number of halogens is 1. The first kappa shape index (κ1) is 15.1. The third-order valence-electron chi connectivity index (χ3n) is 4.02. The summed E-state index contributed by atoms with van der Waals surface area (Å²) in [6, 6.07) is 9.20. The molecule has 0 saturated heterocycles. The maximum Gasteiger partial charge on any atom is 0.241 e. The number of aliphatic hydroxyl groups excluding tert-OH is 1. The smallest absolute Gasteiger partial charge is 0.241 e. The normalized spacial score (nSPS) is 17.0. The highest BCUT2D eigenvalue weighted by Crippen LogP contribution is 2.45. The lowest BCUT2D eigenvalue weighted by molar-refractivity contribution is -0.118. The minimum atomic E-state index is -0.256. The van der Waals surface area contributed by atoms with E-state index >= 15 is 0 Å². The second-order valence-electron chi connectivity index (χ2n) is 5.31. The van der Waals surface area contributed by atoms with E-state index in [4.69, 9.17) is 16.7 Å². The number of carbonyl (C=O) groups excluding carboxylic acids is 1. The zero-order valence-electron chi connectivity index (χ0n) is 11.9. The predicted octanol–water partition coefficient (Wildman–Crippen LogP) is 1.75. The van der Waals surface area contributed by atoms with Gasteiger partial charge in [-0.25, -0.2) is 0 Å². The second-order valence-corrected chi connectivity index (χ2v) is 5.62. The lowest BCUT2D eigenvalue weighted by Crippen LogP contribution is -2.38. The molecule has 5 nitrogen and oxygen atoms in total. The number of amides is 1. The molecule has 0 saturated carbocycles. The van der Waals surface area contributed by atoms with Gasteiger partial charge in [-0.05, 0) is 10.9 Å². The summed E-state index contributed by atoms with van der Waals surface area (Å²) < 4.78 is 0. The Labute approximate surface area is 133 Å². The Morgan fingerprint density at radius 2 is 2.09 bits per heavy atom. The third kappa shape index (κ3) is 2.41. The zero-order chi connectivity index (χ0) is 15.7. The standard InChI is InChI=1S/C16H17ClN2O3/c17-6-10-8-19(15(22)7-18-9-20)13-5-14(21)11-3-1-2-4-12(11)16(10)13/h1-5,10,18,20-21H,6-9H2/t10-/m1/s1. The van der Waals surface area contributed by atoms with Crippen LogP contribution in [-0.2, 0) is 4.79 Å². The highest BCUT2D eigenvalue weighted by molar-refractivity contribution is 6.19. The lowest BCUT2D eigenvalue weighted by atomic mass is 9.95. The number of phenolic OH excluding ortho intramolecular Hbond substituents is 1. The molecule has 0 aliphatic carbocycles. The largest absolute Gasteiger partial charge is 0.507 e. The van der Waals surface area contributed by atoms with Gasteiger partial charge in [0.1, 0.15) is 5.75 Å². The number of hydrogen-bond acceptors (Lipinski definition) is 4. The lowest BCUT2D eigenvalue weighted by Gasteiger charge is -2.18. The van der Waals surface area contributed by atoms with E-state index in [-0.39, 0.29) is 30.9 Å². The van der Waals surface area contributed by atoms with Gasteiger partial charge in [-0.15, -0.1) is 11.6 Å². The Morgan fingerprint density at radius 3 is 2.77 bits per heavy atom. The van der Waals surface area contributed by atoms with Gasteiger partial charge in [0.15, 0.2) is 0 Å². The first-order valence-electron chi connectivity index (χ1n) is 7.10. The maximum absolute atomic E-state index is 12.3. The van der Waals surface area contributed by atoms with Crippen LogP contribution in [0.15, 0.2) is 30.3 Å². The van der Waals surface area contributed by atoms with E-state index < -0.39 is 0 Å². The molecule has 1 aliphatic heterocycles. The van der Waals surface area contributed by atoms with E-state index in [2.05, 4.69) is 5.32 Å². The van der Waals surface area contributed by atoms with Gasteiger partial charge in [0, 0.05) is 29.8 Å². The van der Waals surface area contributed by atoms with Crippen LogP contribution in [0, 0.1) is 0 Å². The molecule has 2 aromatic rings. The minimum absolute atomic E-state index is 0.0280. The third-order valence-corrected chi connectivity index (χ3v) is 4.39. The van der Waals surface area contributed by atoms with E-state index in [0.717, 1.165) is 16.3 Å². The van der Waals surface area contributed by atoms with Crippen molar-refractivity contribution in [1.29, 1.82) is 0 Å². The Morgan fingerprint density at radius 1 is 1.36 bits per heavy atom. The van der Waals surface area contributed by atoms with Gasteiger partial charge in [-0.2, -0.15) is 0 Å². The average Bonchev–Trinajstić information content (AvgIpc) is 2.91. The Kier molecular flexibility index (Phi) is 4.20. The number of phenols is 1. The van der Waals surface area contributed by atoms with Crippen molar-refractivity contribution in [3.05, 3.63) is 35.9 Å². The summed E-state index contributed by atoms with van der Waals surface area (Å²) in [5, 5.41) is 23.3. The number of aliphatic hydroxyl groups is 1. The molecule has 22 heavy (non-hydrogen) atoms. The molecule has 1 aliphatic rings. The number of nitrogens with one attached hydrogen (secondary N) is 1. The van der Waals surface area contributed by atoms with Crippen molar-refractivity contribution < 1.29 is 15.0 Å². The molecule has 0 aromatic heterocycles. The summed E-state index contributed by atoms with van der Waals surface area (Å²) in [5.74, 6) is 0.425. The van der Waals surface area contributed by atoms with E-state index in [1.807, 2.05) is 24.3 Å². The highest BCUT2D eigenvalue weighted by atomic mass is 35.5. The summed E-state index contributed by atoms with van der Waals surface area (Å²) in [7, 11) is 0. The highest BCUT2D eigenvalue weighted by Gasteiger charge is 2.33. The zero-order valence-corrected chi connectivity index (χ0v) is 12.7. The topological polar surface area (TPSA) is 72.8 Å². The number of aromatic hydroxyl groups is 1. The number of hydrogen-bond donors (Lipinski definition) is 3. The van der Waals surface area contributed by atoms with Crippen LogP contribution in [-0.4, -0.2) is 41.8 Å². The van der Waals surface area contributed by atoms with Crippen molar-refractivity contribution in [1.82, 2.24) is 5.32 Å². The molecule has 3 N–H and O–H groups in total. The fourth-order valence-corrected chi connectivity index (χ4v) is 3.30. The molecule has 0 radical (unpaired) electrons. The van der Waals surface area contributed by atoms with Crippen molar-refractivity contribution >= 4 is 34.0 Å². The number of alkyl halides is 1. The Bertz CT molecular complexity index is 720. The molecule has 116 valence electrons. The van der Waals surface area contributed by atoms with Crippen LogP contribution in [0.1, 0.15) is 11.5 Å². The fraction of sp³-hybridized carbons (Fsp3) is 0.312. The van der Waals surface area contributed by atoms with Crippen LogP contribution in [0.2, 0.25) is 0 Å². The molecular weight excluding hydrogens is 304 g/mol. The van der Waals surface area contributed by atoms with E-state index in [9.17, 15) is 9.90 Å². The molecule has 6 heteroatoms. The number of rotatable bonds is 4. The summed E-state index contributed by atoms with van der Waals surface area (Å²) in [4.78, 5) is 13.9. The number of fused-ring (bicyclic) bond motifs is 3. The molecule has 1 heterocycles. The van der Waals surface area contributed by atoms with Gasteiger partial charge < -0.3 is 15.1 Å². The van der Waals surface area contributed by atoms with Crippen molar-refractivity contribution in [3.8, 4) is 5.75 Å². The fourth-order valence-electron chi connectivity index (χ4n) is 3.05. The van der Waals surface area contributed by atoms with Gasteiger partial charge in [0.05, 0.1) is 19.0 Å². The molecule has 0 spiro atoms. The van der Waals surface area contributed by atoms with Crippen molar-refractivity contribution in [2.45, 2.75) is 5.92 Å². The maximum atomic E-state index is 12.3. The molecule has 1 amide bonds. The molecule has 1 atom stereocenters. The number of benzene rings is 2.